The first-order valence-electron chi connectivity index (χ1n) is 11.3. The van der Waals surface area contributed by atoms with E-state index < -0.39 is 60.2 Å². The number of hydrogen-bond donors (Lipinski definition) is 7. The van der Waals surface area contributed by atoms with Crippen molar-refractivity contribution in [2.75, 3.05) is 18.6 Å². The molecule has 0 fully saturated rings. The van der Waals surface area contributed by atoms with Crippen LogP contribution in [0.5, 0.6) is 0 Å². The number of nitrogens with one attached hydrogen (secondary N) is 3. The largest absolute Gasteiger partial charge is 0.480 e. The minimum Gasteiger partial charge on any atom is -0.480 e. The molecule has 13 heteroatoms. The minimum absolute atomic E-state index is 0.0113. The fourth-order valence-electron chi connectivity index (χ4n) is 3.06. The van der Waals surface area contributed by atoms with E-state index in [-0.39, 0.29) is 18.8 Å². The van der Waals surface area contributed by atoms with Crippen LogP contribution >= 0.6 is 11.8 Å². The van der Waals surface area contributed by atoms with Crippen LogP contribution in [-0.4, -0.2) is 77.4 Å². The normalized spacial score (nSPS) is 14.5. The Hall–Kier alpha value is -2.38. The van der Waals surface area contributed by atoms with Gasteiger partial charge in [-0.3, -0.25) is 19.2 Å². The molecule has 12 nitrogen and oxygen atoms in total. The molecule has 0 radical (unpaired) electrons. The first-order chi connectivity index (χ1) is 15.9. The predicted octanol–water partition coefficient (Wildman–Crippen LogP) is -1.34. The zero-order chi connectivity index (χ0) is 26.3. The lowest BCUT2D eigenvalue weighted by Gasteiger charge is -2.25. The molecular weight excluding hydrogens is 464 g/mol. The van der Waals surface area contributed by atoms with E-state index in [1.165, 1.54) is 11.8 Å². The number of nitrogens with two attached hydrogens (primary N) is 3. The standard InChI is InChI=1S/C21H40N6O6S/c1-12(2)10-16(21(32)33)27-19(30)14(6-4-5-8-22)25-20(31)15(11-17(24)28)26-18(29)13(23)7-9-34-3/h12-16H,4-11,22-23H2,1-3H3,(H2,24,28)(H,25,31)(H,26,29)(H,27,30)(H,32,33). The Morgan fingerprint density at radius 3 is 1.94 bits per heavy atom. The topological polar surface area (TPSA) is 220 Å². The molecule has 0 bridgehead atoms. The van der Waals surface area contributed by atoms with Crippen LogP contribution in [0.15, 0.2) is 0 Å². The molecule has 0 rings (SSSR count). The van der Waals surface area contributed by atoms with Crippen LogP contribution in [0.1, 0.15) is 52.4 Å². The number of aliphatic carboxylic acids is 1. The van der Waals surface area contributed by atoms with Gasteiger partial charge in [0.1, 0.15) is 18.1 Å². The third-order valence-corrected chi connectivity index (χ3v) is 5.55. The third kappa shape index (κ3) is 13.4. The van der Waals surface area contributed by atoms with Gasteiger partial charge >= 0.3 is 5.97 Å². The molecule has 4 atom stereocenters. The number of rotatable bonds is 18. The first-order valence-corrected chi connectivity index (χ1v) is 12.7. The summed E-state index contributed by atoms with van der Waals surface area (Å²) in [6.07, 6.45) is 3.21. The van der Waals surface area contributed by atoms with E-state index in [4.69, 9.17) is 17.2 Å². The number of primary amides is 1. The van der Waals surface area contributed by atoms with Gasteiger partial charge in [0.15, 0.2) is 0 Å². The van der Waals surface area contributed by atoms with Gasteiger partial charge < -0.3 is 38.3 Å². The monoisotopic (exact) mass is 504 g/mol. The van der Waals surface area contributed by atoms with E-state index >= 15 is 0 Å². The van der Waals surface area contributed by atoms with Crippen molar-refractivity contribution in [2.45, 2.75) is 76.5 Å². The predicted molar refractivity (Wildman–Crippen MR) is 131 cm³/mol. The van der Waals surface area contributed by atoms with Gasteiger partial charge in [0.2, 0.25) is 23.6 Å². The van der Waals surface area contributed by atoms with E-state index in [1.807, 2.05) is 20.1 Å². The summed E-state index contributed by atoms with van der Waals surface area (Å²) < 4.78 is 0. The van der Waals surface area contributed by atoms with Gasteiger partial charge in [-0.1, -0.05) is 13.8 Å². The summed E-state index contributed by atoms with van der Waals surface area (Å²) in [4.78, 5) is 61.1. The number of carbonyl (C=O) groups is 5. The number of unbranched alkanes of at least 4 members (excludes halogenated alkanes) is 1. The molecule has 10 N–H and O–H groups in total. The number of carbonyl (C=O) groups excluding carboxylic acids is 4. The average molecular weight is 505 g/mol. The molecule has 0 aromatic carbocycles. The summed E-state index contributed by atoms with van der Waals surface area (Å²) in [5.74, 6) is -3.48. The molecule has 0 aromatic rings. The van der Waals surface area contributed by atoms with Crippen LogP contribution in [0.2, 0.25) is 0 Å². The van der Waals surface area contributed by atoms with E-state index in [0.29, 0.717) is 31.6 Å². The first kappa shape index (κ1) is 31.6. The molecule has 0 aliphatic carbocycles. The van der Waals surface area contributed by atoms with Gasteiger partial charge in [-0.05, 0) is 56.6 Å². The number of amides is 4. The Kier molecular flexibility index (Phi) is 15.9. The smallest absolute Gasteiger partial charge is 0.326 e. The Morgan fingerprint density at radius 2 is 1.44 bits per heavy atom. The van der Waals surface area contributed by atoms with Crippen molar-refractivity contribution in [2.24, 2.45) is 23.1 Å². The number of hydrogen-bond acceptors (Lipinski definition) is 8. The molecule has 0 aromatic heterocycles. The van der Waals surface area contributed by atoms with Crippen LogP contribution in [-0.2, 0) is 24.0 Å². The second-order valence-corrected chi connectivity index (χ2v) is 9.48. The quantitative estimate of drug-likeness (QED) is 0.110. The van der Waals surface area contributed by atoms with Crippen molar-refractivity contribution < 1.29 is 29.1 Å². The molecule has 0 aliphatic rings. The minimum atomic E-state index is -1.33. The number of carboxylic acids is 1. The van der Waals surface area contributed by atoms with E-state index in [9.17, 15) is 29.1 Å². The summed E-state index contributed by atoms with van der Waals surface area (Å²) in [5, 5.41) is 16.8. The zero-order valence-electron chi connectivity index (χ0n) is 20.2. The van der Waals surface area contributed by atoms with Crippen LogP contribution in [0.25, 0.3) is 0 Å². The van der Waals surface area contributed by atoms with Gasteiger partial charge in [-0.25, -0.2) is 4.79 Å². The molecule has 0 saturated carbocycles. The van der Waals surface area contributed by atoms with E-state index in [2.05, 4.69) is 16.0 Å². The summed E-state index contributed by atoms with van der Waals surface area (Å²) >= 11 is 1.51. The van der Waals surface area contributed by atoms with Crippen LogP contribution in [0.4, 0.5) is 0 Å². The van der Waals surface area contributed by atoms with Gasteiger partial charge in [-0.2, -0.15) is 11.8 Å². The molecule has 0 aliphatic heterocycles. The number of carboxylic acid groups (broad SMARTS) is 1. The molecule has 34 heavy (non-hydrogen) atoms. The molecule has 4 amide bonds. The second kappa shape index (κ2) is 17.1. The molecule has 0 spiro atoms. The second-order valence-electron chi connectivity index (χ2n) is 8.49. The van der Waals surface area contributed by atoms with Crippen molar-refractivity contribution in [1.29, 1.82) is 0 Å². The van der Waals surface area contributed by atoms with Gasteiger partial charge in [-0.15, -0.1) is 0 Å². The van der Waals surface area contributed by atoms with Crippen molar-refractivity contribution >= 4 is 41.4 Å². The highest BCUT2D eigenvalue weighted by Gasteiger charge is 2.31. The zero-order valence-corrected chi connectivity index (χ0v) is 21.0. The highest BCUT2D eigenvalue weighted by Crippen LogP contribution is 2.08. The maximum absolute atomic E-state index is 12.9. The van der Waals surface area contributed by atoms with Gasteiger partial charge in [0.05, 0.1) is 12.5 Å². The lowest BCUT2D eigenvalue weighted by atomic mass is 10.0. The van der Waals surface area contributed by atoms with Crippen molar-refractivity contribution in [3.8, 4) is 0 Å². The molecule has 196 valence electrons. The fourth-order valence-corrected chi connectivity index (χ4v) is 3.55. The highest BCUT2D eigenvalue weighted by molar-refractivity contribution is 7.98. The Bertz CT molecular complexity index is 693. The summed E-state index contributed by atoms with van der Waals surface area (Å²) in [5.41, 5.74) is 16.6. The lowest BCUT2D eigenvalue weighted by Crippen LogP contribution is -2.57. The van der Waals surface area contributed by atoms with Crippen molar-refractivity contribution in [3.05, 3.63) is 0 Å². The lowest BCUT2D eigenvalue weighted by molar-refractivity contribution is -0.143. The molecule has 4 unspecified atom stereocenters. The SMILES string of the molecule is CSCCC(N)C(=O)NC(CC(N)=O)C(=O)NC(CCCCN)C(=O)NC(CC(C)C)C(=O)O. The van der Waals surface area contributed by atoms with E-state index in [0.717, 1.165) is 0 Å². The number of thioether (sulfide) groups is 1. The van der Waals surface area contributed by atoms with E-state index in [1.54, 1.807) is 0 Å². The summed E-state index contributed by atoms with van der Waals surface area (Å²) in [6.45, 7) is 4.02. The van der Waals surface area contributed by atoms with Crippen molar-refractivity contribution in [1.82, 2.24) is 16.0 Å². The summed E-state index contributed by atoms with van der Waals surface area (Å²) in [6, 6.07) is -4.44. The molecular formula is C21H40N6O6S. The highest BCUT2D eigenvalue weighted by atomic mass is 32.2. The van der Waals surface area contributed by atoms with Crippen LogP contribution < -0.4 is 33.2 Å². The van der Waals surface area contributed by atoms with Crippen molar-refractivity contribution in [3.63, 3.8) is 0 Å². The van der Waals surface area contributed by atoms with Gasteiger partial charge in [0.25, 0.3) is 0 Å². The Labute approximate surface area is 204 Å². The maximum atomic E-state index is 12.9. The average Bonchev–Trinajstić information content (AvgIpc) is 2.74. The van der Waals surface area contributed by atoms with Crippen LogP contribution in [0.3, 0.4) is 0 Å². The molecule has 0 saturated heterocycles. The Morgan fingerprint density at radius 1 is 0.882 bits per heavy atom. The van der Waals surface area contributed by atoms with Crippen LogP contribution in [0, 0.1) is 5.92 Å². The third-order valence-electron chi connectivity index (χ3n) is 4.91. The fraction of sp³-hybridized carbons (Fsp3) is 0.762. The van der Waals surface area contributed by atoms with Gasteiger partial charge in [0, 0.05) is 0 Å². The Balaban J connectivity index is 5.49. The summed E-state index contributed by atoms with van der Waals surface area (Å²) in [7, 11) is 0. The molecule has 0 heterocycles. The maximum Gasteiger partial charge on any atom is 0.326 e.